The Morgan fingerprint density at radius 3 is 2.10 bits per heavy atom. The fraction of sp³-hybridized carbons (Fsp3) is 0.333. The van der Waals surface area contributed by atoms with Gasteiger partial charge in [0.25, 0.3) is 0 Å². The molecule has 20 heavy (non-hydrogen) atoms. The zero-order valence-electron chi connectivity index (χ0n) is 12.8. The van der Waals surface area contributed by atoms with E-state index in [1.807, 2.05) is 19.2 Å². The molecule has 106 valence electrons. The van der Waals surface area contributed by atoms with Gasteiger partial charge in [0.05, 0.1) is 6.04 Å². The molecule has 1 atom stereocenters. The molecule has 2 heteroatoms. The summed E-state index contributed by atoms with van der Waals surface area (Å²) >= 11 is 0. The third-order valence-electron chi connectivity index (χ3n) is 4.00. The van der Waals surface area contributed by atoms with Gasteiger partial charge in [-0.15, -0.1) is 0 Å². The topological polar surface area (TPSA) is 12.0 Å². The number of hydrogen-bond acceptors (Lipinski definition) is 1. The van der Waals surface area contributed by atoms with Crippen LogP contribution in [-0.4, -0.2) is 7.05 Å². The lowest BCUT2D eigenvalue weighted by Crippen LogP contribution is -2.19. The number of rotatable bonds is 3. The van der Waals surface area contributed by atoms with E-state index in [4.69, 9.17) is 0 Å². The van der Waals surface area contributed by atoms with Crippen molar-refractivity contribution in [3.63, 3.8) is 0 Å². The molecule has 2 aromatic carbocycles. The van der Waals surface area contributed by atoms with Crippen LogP contribution in [-0.2, 0) is 0 Å². The minimum Gasteiger partial charge on any atom is -0.309 e. The molecule has 0 bridgehead atoms. The summed E-state index contributed by atoms with van der Waals surface area (Å²) in [6.07, 6.45) is 0. The minimum absolute atomic E-state index is 0.0913. The molecular weight excluding hydrogens is 249 g/mol. The molecule has 0 saturated carbocycles. The number of halogens is 1. The Bertz CT molecular complexity index is 632. The first-order chi connectivity index (χ1) is 9.43. The van der Waals surface area contributed by atoms with Crippen molar-refractivity contribution in [1.29, 1.82) is 0 Å². The van der Waals surface area contributed by atoms with E-state index in [0.29, 0.717) is 5.56 Å². The molecule has 0 spiro atoms. The van der Waals surface area contributed by atoms with Crippen molar-refractivity contribution in [2.75, 3.05) is 7.05 Å². The van der Waals surface area contributed by atoms with Crippen molar-refractivity contribution >= 4 is 0 Å². The van der Waals surface area contributed by atoms with Crippen LogP contribution in [0.25, 0.3) is 0 Å². The van der Waals surface area contributed by atoms with E-state index in [2.05, 4.69) is 38.2 Å². The molecule has 0 amide bonds. The molecule has 1 N–H and O–H groups in total. The summed E-state index contributed by atoms with van der Waals surface area (Å²) in [6.45, 7) is 8.19. The quantitative estimate of drug-likeness (QED) is 0.874. The molecule has 2 aromatic rings. The van der Waals surface area contributed by atoms with Gasteiger partial charge in [-0.1, -0.05) is 24.3 Å². The minimum atomic E-state index is -0.152. The number of aryl methyl sites for hydroxylation is 4. The summed E-state index contributed by atoms with van der Waals surface area (Å²) in [5.41, 5.74) is 6.87. The predicted molar refractivity (Wildman–Crippen MR) is 82.7 cm³/mol. The molecule has 1 nitrogen and oxygen atoms in total. The second-order valence-corrected chi connectivity index (χ2v) is 5.52. The van der Waals surface area contributed by atoms with Gasteiger partial charge < -0.3 is 5.32 Å². The Morgan fingerprint density at radius 2 is 1.50 bits per heavy atom. The van der Waals surface area contributed by atoms with Crippen molar-refractivity contribution < 1.29 is 4.39 Å². The van der Waals surface area contributed by atoms with E-state index in [1.54, 1.807) is 13.0 Å². The first kappa shape index (κ1) is 14.7. The van der Waals surface area contributed by atoms with Crippen molar-refractivity contribution in [2.24, 2.45) is 0 Å². The van der Waals surface area contributed by atoms with Crippen LogP contribution < -0.4 is 5.32 Å². The Morgan fingerprint density at radius 1 is 0.850 bits per heavy atom. The van der Waals surface area contributed by atoms with Crippen LogP contribution >= 0.6 is 0 Å². The Hall–Kier alpha value is -1.67. The lowest BCUT2D eigenvalue weighted by molar-refractivity contribution is 0.613. The van der Waals surface area contributed by atoms with Crippen LogP contribution in [0.1, 0.15) is 39.4 Å². The lowest BCUT2D eigenvalue weighted by Gasteiger charge is -2.21. The maximum Gasteiger partial charge on any atom is 0.126 e. The molecule has 0 radical (unpaired) electrons. The van der Waals surface area contributed by atoms with Crippen molar-refractivity contribution in [3.8, 4) is 0 Å². The van der Waals surface area contributed by atoms with Gasteiger partial charge in [0.15, 0.2) is 0 Å². The molecule has 0 fully saturated rings. The predicted octanol–water partition coefficient (Wildman–Crippen LogP) is 4.37. The highest BCUT2D eigenvalue weighted by Gasteiger charge is 2.16. The largest absolute Gasteiger partial charge is 0.309 e. The highest BCUT2D eigenvalue weighted by molar-refractivity contribution is 5.43. The third-order valence-corrected chi connectivity index (χ3v) is 4.00. The van der Waals surface area contributed by atoms with Crippen LogP contribution in [0.3, 0.4) is 0 Å². The summed E-state index contributed by atoms with van der Waals surface area (Å²) in [5.74, 6) is -0.152. The van der Waals surface area contributed by atoms with E-state index >= 15 is 0 Å². The summed E-state index contributed by atoms with van der Waals surface area (Å²) in [7, 11) is 1.94. The van der Waals surface area contributed by atoms with Crippen LogP contribution in [0.2, 0.25) is 0 Å². The fourth-order valence-corrected chi connectivity index (χ4v) is 2.64. The van der Waals surface area contributed by atoms with Crippen molar-refractivity contribution in [3.05, 3.63) is 69.5 Å². The number of benzene rings is 2. The highest BCUT2D eigenvalue weighted by atomic mass is 19.1. The average molecular weight is 271 g/mol. The fourth-order valence-electron chi connectivity index (χ4n) is 2.64. The van der Waals surface area contributed by atoms with Crippen LogP contribution in [0, 0.1) is 33.5 Å². The molecule has 0 aliphatic rings. The van der Waals surface area contributed by atoms with E-state index in [1.165, 1.54) is 22.3 Å². The monoisotopic (exact) mass is 271 g/mol. The average Bonchev–Trinajstić information content (AvgIpc) is 2.40. The van der Waals surface area contributed by atoms with Gasteiger partial charge in [-0.2, -0.15) is 0 Å². The maximum atomic E-state index is 13.4. The molecule has 0 aliphatic carbocycles. The summed E-state index contributed by atoms with van der Waals surface area (Å²) < 4.78 is 13.4. The Labute approximate surface area is 120 Å². The van der Waals surface area contributed by atoms with E-state index in [0.717, 1.165) is 5.56 Å². The second-order valence-electron chi connectivity index (χ2n) is 5.52. The summed E-state index contributed by atoms with van der Waals surface area (Å²) in [6, 6.07) is 9.86. The van der Waals surface area contributed by atoms with Gasteiger partial charge in [-0.3, -0.25) is 0 Å². The molecule has 0 saturated heterocycles. The number of nitrogens with one attached hydrogen (secondary N) is 1. The molecule has 2 rings (SSSR count). The molecule has 0 aliphatic heterocycles. The van der Waals surface area contributed by atoms with Crippen LogP contribution in [0.5, 0.6) is 0 Å². The SMILES string of the molecule is CNC(c1ccc(F)c(C)c1)c1cc(C)c(C)cc1C. The van der Waals surface area contributed by atoms with Gasteiger partial charge in [0.1, 0.15) is 5.82 Å². The lowest BCUT2D eigenvalue weighted by atomic mass is 9.91. The molecule has 1 unspecified atom stereocenters. The standard InChI is InChI=1S/C18H22FN/c1-11-8-13(3)16(10-12(11)2)18(20-5)15-6-7-17(19)14(4)9-15/h6-10,18,20H,1-5H3. The summed E-state index contributed by atoms with van der Waals surface area (Å²) in [5, 5.41) is 3.35. The Kier molecular flexibility index (Phi) is 4.24. The zero-order chi connectivity index (χ0) is 14.9. The highest BCUT2D eigenvalue weighted by Crippen LogP contribution is 2.28. The van der Waals surface area contributed by atoms with Crippen molar-refractivity contribution in [1.82, 2.24) is 5.32 Å². The van der Waals surface area contributed by atoms with Crippen molar-refractivity contribution in [2.45, 2.75) is 33.7 Å². The normalized spacial score (nSPS) is 12.5. The Balaban J connectivity index is 2.52. The van der Waals surface area contributed by atoms with E-state index in [-0.39, 0.29) is 11.9 Å². The molecular formula is C18H22FN. The maximum absolute atomic E-state index is 13.4. The molecule has 0 aromatic heterocycles. The van der Waals surface area contributed by atoms with E-state index in [9.17, 15) is 4.39 Å². The van der Waals surface area contributed by atoms with E-state index < -0.39 is 0 Å². The second kappa shape index (κ2) is 5.76. The third kappa shape index (κ3) is 2.75. The van der Waals surface area contributed by atoms with Gasteiger partial charge in [-0.25, -0.2) is 4.39 Å². The first-order valence-corrected chi connectivity index (χ1v) is 6.95. The number of hydrogen-bond donors (Lipinski definition) is 1. The van der Waals surface area contributed by atoms with Crippen LogP contribution in [0.15, 0.2) is 30.3 Å². The van der Waals surface area contributed by atoms with Gasteiger partial charge in [0, 0.05) is 0 Å². The summed E-state index contributed by atoms with van der Waals surface area (Å²) in [4.78, 5) is 0. The first-order valence-electron chi connectivity index (χ1n) is 6.95. The van der Waals surface area contributed by atoms with Gasteiger partial charge in [0.2, 0.25) is 0 Å². The van der Waals surface area contributed by atoms with Gasteiger partial charge in [-0.05, 0) is 74.2 Å². The van der Waals surface area contributed by atoms with Gasteiger partial charge >= 0.3 is 0 Å². The van der Waals surface area contributed by atoms with Crippen LogP contribution in [0.4, 0.5) is 4.39 Å². The zero-order valence-corrected chi connectivity index (χ0v) is 12.8. The molecule has 0 heterocycles. The smallest absolute Gasteiger partial charge is 0.126 e.